The zero-order valence-electron chi connectivity index (χ0n) is 16.4. The molecule has 8 heteroatoms. The number of hydrogen-bond donors (Lipinski definition) is 3. The number of aromatic hydroxyl groups is 1. The van der Waals surface area contributed by atoms with Gasteiger partial charge in [0, 0.05) is 5.69 Å². The van der Waals surface area contributed by atoms with Gasteiger partial charge in [0.05, 0.1) is 19.5 Å². The number of benzene rings is 2. The highest BCUT2D eigenvalue weighted by Crippen LogP contribution is 2.32. The predicted octanol–water partition coefficient (Wildman–Crippen LogP) is 4.25. The van der Waals surface area contributed by atoms with Gasteiger partial charge in [-0.05, 0) is 49.6 Å². The summed E-state index contributed by atoms with van der Waals surface area (Å²) in [6.07, 6.45) is -0.407. The monoisotopic (exact) mass is 419 g/mol. The van der Waals surface area contributed by atoms with Gasteiger partial charge in [-0.3, -0.25) is 10.1 Å². The van der Waals surface area contributed by atoms with Gasteiger partial charge < -0.3 is 19.3 Å². The molecule has 1 atom stereocenters. The molecular weight excluding hydrogens is 394 g/mol. The van der Waals surface area contributed by atoms with Gasteiger partial charge in [-0.25, -0.2) is 4.79 Å². The normalized spacial score (nSPS) is 11.4. The minimum absolute atomic E-state index is 0.00520. The Balaban J connectivity index is 2.06. The van der Waals surface area contributed by atoms with E-state index in [4.69, 9.17) is 14.2 Å². The molecule has 0 spiro atoms. The first kappa shape index (κ1) is 22.4. The number of ether oxygens (including phenoxy) is 3. The highest BCUT2D eigenvalue weighted by atomic mass is 32.1. The van der Waals surface area contributed by atoms with Crippen LogP contribution in [0.3, 0.4) is 0 Å². The molecular formula is C21H25NO6S. The topological polar surface area (TPSA) is 94.1 Å². The first-order chi connectivity index (χ1) is 13.9. The number of hydrogen-bond acceptors (Lipinski definition) is 7. The number of carbonyl (C=O) groups is 2. The van der Waals surface area contributed by atoms with Crippen LogP contribution in [0, 0.1) is 6.92 Å². The molecule has 0 heterocycles. The van der Waals surface area contributed by atoms with E-state index in [0.29, 0.717) is 29.8 Å². The van der Waals surface area contributed by atoms with E-state index in [2.05, 4.69) is 17.9 Å². The third-order valence-corrected chi connectivity index (χ3v) is 4.38. The van der Waals surface area contributed by atoms with Crippen molar-refractivity contribution in [3.63, 3.8) is 0 Å². The maximum atomic E-state index is 12.4. The van der Waals surface area contributed by atoms with Crippen LogP contribution in [0.25, 0.3) is 0 Å². The van der Waals surface area contributed by atoms with E-state index in [1.54, 1.807) is 24.3 Å². The number of thiol groups is 1. The van der Waals surface area contributed by atoms with E-state index >= 15 is 0 Å². The minimum Gasteiger partial charge on any atom is -0.504 e. The van der Waals surface area contributed by atoms with Crippen LogP contribution in [0.5, 0.6) is 11.5 Å². The smallest absolute Gasteiger partial charge is 0.412 e. The fraction of sp³-hybridized carbons (Fsp3) is 0.333. The summed E-state index contributed by atoms with van der Waals surface area (Å²) in [7, 11) is 1.45. The van der Waals surface area contributed by atoms with Gasteiger partial charge in [-0.15, -0.1) is 0 Å². The summed E-state index contributed by atoms with van der Waals surface area (Å²) in [5, 5.41) is 12.7. The van der Waals surface area contributed by atoms with Crippen molar-refractivity contribution in [1.82, 2.24) is 0 Å². The number of nitrogens with one attached hydrogen (secondary N) is 1. The third-order valence-electron chi connectivity index (χ3n) is 4.12. The third kappa shape index (κ3) is 7.23. The molecule has 156 valence electrons. The molecule has 2 aromatic carbocycles. The Kier molecular flexibility index (Phi) is 8.67. The summed E-state index contributed by atoms with van der Waals surface area (Å²) in [5.74, 6) is -0.144. The molecule has 0 fully saturated rings. The first-order valence-corrected chi connectivity index (χ1v) is 9.74. The summed E-state index contributed by atoms with van der Waals surface area (Å²) in [5.41, 5.74) is 2.29. The first-order valence-electron chi connectivity index (χ1n) is 9.10. The Labute approximate surface area is 175 Å². The van der Waals surface area contributed by atoms with E-state index in [-0.39, 0.29) is 18.1 Å². The Morgan fingerprint density at radius 2 is 1.90 bits per heavy atom. The molecule has 0 aliphatic rings. The second-order valence-corrected chi connectivity index (χ2v) is 6.65. The van der Waals surface area contributed by atoms with Gasteiger partial charge in [-0.1, -0.05) is 23.8 Å². The average molecular weight is 419 g/mol. The lowest BCUT2D eigenvalue weighted by atomic mass is 10.0. The van der Waals surface area contributed by atoms with Crippen LogP contribution in [-0.4, -0.2) is 36.6 Å². The molecule has 0 aliphatic carbocycles. The average Bonchev–Trinajstić information content (AvgIpc) is 2.71. The van der Waals surface area contributed by atoms with E-state index in [0.717, 1.165) is 5.56 Å². The quantitative estimate of drug-likeness (QED) is 0.320. The van der Waals surface area contributed by atoms with Crippen molar-refractivity contribution in [2.24, 2.45) is 0 Å². The van der Waals surface area contributed by atoms with Crippen molar-refractivity contribution in [2.45, 2.75) is 25.9 Å². The fourth-order valence-electron chi connectivity index (χ4n) is 2.61. The molecule has 2 aromatic rings. The van der Waals surface area contributed by atoms with Crippen LogP contribution in [0.2, 0.25) is 0 Å². The number of phenols is 1. The molecule has 29 heavy (non-hydrogen) atoms. The van der Waals surface area contributed by atoms with E-state index in [1.165, 1.54) is 13.2 Å². The molecule has 2 rings (SSSR count). The number of rotatable bonds is 9. The number of aryl methyl sites for hydroxylation is 1. The number of carbonyl (C=O) groups excluding carboxylic acids is 2. The maximum Gasteiger partial charge on any atom is 0.412 e. The zero-order valence-corrected chi connectivity index (χ0v) is 17.3. The lowest BCUT2D eigenvalue weighted by Gasteiger charge is -2.19. The van der Waals surface area contributed by atoms with E-state index in [9.17, 15) is 14.7 Å². The lowest BCUT2D eigenvalue weighted by molar-refractivity contribution is -0.140. The molecule has 0 radical (unpaired) electrons. The van der Waals surface area contributed by atoms with Crippen LogP contribution in [0.1, 0.15) is 30.1 Å². The Morgan fingerprint density at radius 1 is 1.17 bits per heavy atom. The van der Waals surface area contributed by atoms with Gasteiger partial charge in [0.15, 0.2) is 11.5 Å². The molecule has 1 amide bonds. The number of anilines is 1. The summed E-state index contributed by atoms with van der Waals surface area (Å²) in [6.45, 7) is 2.13. The Morgan fingerprint density at radius 3 is 2.52 bits per heavy atom. The molecule has 0 aliphatic heterocycles. The zero-order chi connectivity index (χ0) is 21.2. The Bertz CT molecular complexity index is 824. The second-order valence-electron chi connectivity index (χ2n) is 6.34. The second kappa shape index (κ2) is 11.2. The molecule has 0 bridgehead atoms. The van der Waals surface area contributed by atoms with Crippen molar-refractivity contribution >= 4 is 30.4 Å². The molecule has 7 nitrogen and oxygen atoms in total. The van der Waals surface area contributed by atoms with Crippen molar-refractivity contribution in [3.05, 3.63) is 53.6 Å². The van der Waals surface area contributed by atoms with Crippen LogP contribution in [-0.2, 0) is 14.3 Å². The lowest BCUT2D eigenvalue weighted by Crippen LogP contribution is -2.18. The van der Waals surface area contributed by atoms with Crippen molar-refractivity contribution in [1.29, 1.82) is 0 Å². The van der Waals surface area contributed by atoms with Gasteiger partial charge in [0.2, 0.25) is 0 Å². The van der Waals surface area contributed by atoms with Gasteiger partial charge in [-0.2, -0.15) is 12.6 Å². The summed E-state index contributed by atoms with van der Waals surface area (Å²) in [4.78, 5) is 23.6. The van der Waals surface area contributed by atoms with Crippen LogP contribution in [0.15, 0.2) is 42.5 Å². The van der Waals surface area contributed by atoms with Crippen LogP contribution in [0.4, 0.5) is 10.5 Å². The maximum absolute atomic E-state index is 12.4. The van der Waals surface area contributed by atoms with Crippen molar-refractivity contribution in [2.75, 3.05) is 24.8 Å². The van der Waals surface area contributed by atoms with Gasteiger partial charge in [0.1, 0.15) is 6.10 Å². The fourth-order valence-corrected chi connectivity index (χ4v) is 2.71. The van der Waals surface area contributed by atoms with E-state index < -0.39 is 18.2 Å². The summed E-state index contributed by atoms with van der Waals surface area (Å²) in [6, 6.07) is 12.1. The standard InChI is InChI=1S/C21H25NO6S/c1-14-5-8-16(9-6-14)22-21(25)28-18(4-3-11-27-20(24)13-29)15-7-10-19(26-2)17(23)12-15/h5-10,12,18,23,29H,3-4,11,13H2,1-2H3,(H,22,25)/t18-/m0/s1. The highest BCUT2D eigenvalue weighted by molar-refractivity contribution is 7.81. The van der Waals surface area contributed by atoms with Crippen molar-refractivity contribution < 1.29 is 28.9 Å². The minimum atomic E-state index is -0.646. The largest absolute Gasteiger partial charge is 0.504 e. The molecule has 0 saturated heterocycles. The number of methoxy groups -OCH3 is 1. The predicted molar refractivity (Wildman–Crippen MR) is 113 cm³/mol. The van der Waals surface area contributed by atoms with Crippen molar-refractivity contribution in [3.8, 4) is 11.5 Å². The Hall–Kier alpha value is -2.87. The van der Waals surface area contributed by atoms with Gasteiger partial charge in [0.25, 0.3) is 0 Å². The van der Waals surface area contributed by atoms with E-state index in [1.807, 2.05) is 19.1 Å². The number of phenolic OH excluding ortho intramolecular Hbond substituents is 1. The summed E-state index contributed by atoms with van der Waals surface area (Å²) < 4.78 is 15.6. The number of amides is 1. The van der Waals surface area contributed by atoms with Gasteiger partial charge >= 0.3 is 12.1 Å². The van der Waals surface area contributed by atoms with Crippen LogP contribution >= 0.6 is 12.6 Å². The number of esters is 1. The van der Waals surface area contributed by atoms with Crippen LogP contribution < -0.4 is 10.1 Å². The molecule has 0 saturated carbocycles. The summed E-state index contributed by atoms with van der Waals surface area (Å²) >= 11 is 3.85. The molecule has 2 N–H and O–H groups in total. The SMILES string of the molecule is COc1ccc([C@H](CCCOC(=O)CS)OC(=O)Nc2ccc(C)cc2)cc1O. The molecule has 0 aromatic heterocycles. The molecule has 0 unspecified atom stereocenters. The highest BCUT2D eigenvalue weighted by Gasteiger charge is 2.19.